The molecular weight excluding hydrogens is 450 g/mol. The first-order chi connectivity index (χ1) is 17.4. The molecule has 5 rings (SSSR count). The van der Waals surface area contributed by atoms with Crippen molar-refractivity contribution in [3.63, 3.8) is 0 Å². The van der Waals surface area contributed by atoms with Gasteiger partial charge in [0.2, 0.25) is 0 Å². The van der Waals surface area contributed by atoms with E-state index in [1.807, 2.05) is 44.2 Å². The Morgan fingerprint density at radius 3 is 2.58 bits per heavy atom. The van der Waals surface area contributed by atoms with Gasteiger partial charge in [-0.25, -0.2) is 9.97 Å². The number of nitrogens with zero attached hydrogens (tertiary/aromatic N) is 5. The van der Waals surface area contributed by atoms with Crippen molar-refractivity contribution in [1.29, 1.82) is 5.26 Å². The molecule has 0 aliphatic heterocycles. The molecule has 0 unspecified atom stereocenters. The Bertz CT molecular complexity index is 1400. The molecule has 1 aromatic carbocycles. The number of hydrogen-bond acceptors (Lipinski definition) is 8. The highest BCUT2D eigenvalue weighted by Crippen LogP contribution is 2.31. The van der Waals surface area contributed by atoms with E-state index >= 15 is 0 Å². The van der Waals surface area contributed by atoms with Gasteiger partial charge in [0.15, 0.2) is 17.3 Å². The molecule has 1 fully saturated rings. The fourth-order valence-corrected chi connectivity index (χ4v) is 4.42. The van der Waals surface area contributed by atoms with E-state index in [0.29, 0.717) is 34.6 Å². The van der Waals surface area contributed by atoms with Gasteiger partial charge in [-0.1, -0.05) is 42.3 Å². The van der Waals surface area contributed by atoms with E-state index in [2.05, 4.69) is 38.6 Å². The van der Waals surface area contributed by atoms with E-state index < -0.39 is 5.41 Å². The summed E-state index contributed by atoms with van der Waals surface area (Å²) in [5.74, 6) is 0.692. The quantitative estimate of drug-likeness (QED) is 0.367. The number of nitrogen functional groups attached to an aromatic ring is 1. The monoisotopic (exact) mass is 479 g/mol. The lowest BCUT2D eigenvalue weighted by molar-refractivity contribution is 0.434. The second kappa shape index (κ2) is 9.88. The van der Waals surface area contributed by atoms with Crippen LogP contribution < -0.4 is 11.1 Å². The number of aromatic nitrogens is 4. The summed E-state index contributed by atoms with van der Waals surface area (Å²) < 4.78 is 5.62. The highest BCUT2D eigenvalue weighted by Gasteiger charge is 2.22. The van der Waals surface area contributed by atoms with Crippen molar-refractivity contribution in [3.05, 3.63) is 66.1 Å². The van der Waals surface area contributed by atoms with Crippen LogP contribution in [-0.2, 0) is 12.0 Å². The fraction of sp³-hybridized carbons (Fsp3) is 0.321. The van der Waals surface area contributed by atoms with Crippen molar-refractivity contribution in [2.24, 2.45) is 0 Å². The average Bonchev–Trinajstić information content (AvgIpc) is 3.61. The summed E-state index contributed by atoms with van der Waals surface area (Å²) in [4.78, 5) is 13.4. The minimum absolute atomic E-state index is 0.251. The SMILES string of the molecule is CC(C)(C#N)c1cc(-c2cnc(N)c(-c3cc(-c4ccc(CNC5CCCC5)cc4)no3)n2)ccn1. The third-order valence-electron chi connectivity index (χ3n) is 6.72. The van der Waals surface area contributed by atoms with Crippen LogP contribution in [0.4, 0.5) is 5.82 Å². The second-order valence-electron chi connectivity index (χ2n) is 9.79. The Morgan fingerprint density at radius 1 is 1.06 bits per heavy atom. The van der Waals surface area contributed by atoms with Crippen molar-refractivity contribution in [3.8, 4) is 40.0 Å². The standard InChI is InChI=1S/C28H29N7O/c1-28(2,17-29)25-13-20(11-12-31-25)23-16-33-27(30)26(34-23)24-14-22(35-36-24)19-9-7-18(8-10-19)15-32-21-5-3-4-6-21/h7-14,16,21,32H,3-6,15H2,1-2H3,(H2,30,33). The zero-order valence-electron chi connectivity index (χ0n) is 20.5. The van der Waals surface area contributed by atoms with E-state index in [9.17, 15) is 5.26 Å². The molecule has 8 heteroatoms. The van der Waals surface area contributed by atoms with E-state index in [1.54, 1.807) is 12.4 Å². The largest absolute Gasteiger partial charge is 0.382 e. The average molecular weight is 480 g/mol. The lowest BCUT2D eigenvalue weighted by Gasteiger charge is -2.15. The molecule has 0 saturated heterocycles. The molecule has 182 valence electrons. The van der Waals surface area contributed by atoms with Gasteiger partial charge < -0.3 is 15.6 Å². The van der Waals surface area contributed by atoms with Gasteiger partial charge >= 0.3 is 0 Å². The summed E-state index contributed by atoms with van der Waals surface area (Å²) in [5, 5.41) is 17.3. The van der Waals surface area contributed by atoms with Gasteiger partial charge in [0.25, 0.3) is 0 Å². The van der Waals surface area contributed by atoms with Gasteiger partial charge in [0, 0.05) is 36.0 Å². The highest BCUT2D eigenvalue weighted by atomic mass is 16.5. The second-order valence-corrected chi connectivity index (χ2v) is 9.79. The Labute approximate surface area is 210 Å². The fourth-order valence-electron chi connectivity index (χ4n) is 4.42. The molecule has 4 aromatic rings. The zero-order valence-corrected chi connectivity index (χ0v) is 20.5. The van der Waals surface area contributed by atoms with E-state index in [0.717, 1.165) is 17.7 Å². The number of anilines is 1. The van der Waals surface area contributed by atoms with E-state index in [1.165, 1.54) is 31.2 Å². The molecule has 0 radical (unpaired) electrons. The molecule has 0 amide bonds. The molecule has 8 nitrogen and oxygen atoms in total. The predicted molar refractivity (Wildman–Crippen MR) is 138 cm³/mol. The number of nitriles is 1. The van der Waals surface area contributed by atoms with Crippen molar-refractivity contribution < 1.29 is 4.52 Å². The van der Waals surface area contributed by atoms with Gasteiger partial charge in [0.05, 0.1) is 29.1 Å². The molecule has 0 atom stereocenters. The normalized spacial score (nSPS) is 14.1. The smallest absolute Gasteiger partial charge is 0.189 e. The van der Waals surface area contributed by atoms with Crippen LogP contribution in [0.1, 0.15) is 50.8 Å². The number of hydrogen-bond donors (Lipinski definition) is 2. The van der Waals surface area contributed by atoms with Crippen LogP contribution in [0, 0.1) is 11.3 Å². The minimum atomic E-state index is -0.720. The Balaban J connectivity index is 1.36. The molecule has 0 bridgehead atoms. The summed E-state index contributed by atoms with van der Waals surface area (Å²) in [6.07, 6.45) is 8.46. The first-order valence-electron chi connectivity index (χ1n) is 12.2. The van der Waals surface area contributed by atoms with Gasteiger partial charge in [-0.2, -0.15) is 5.26 Å². The Hall–Kier alpha value is -4.09. The molecule has 1 saturated carbocycles. The third kappa shape index (κ3) is 4.97. The number of benzene rings is 1. The molecule has 3 aromatic heterocycles. The summed E-state index contributed by atoms with van der Waals surface area (Å²) >= 11 is 0. The molecule has 0 spiro atoms. The topological polar surface area (TPSA) is 127 Å². The van der Waals surface area contributed by atoms with Gasteiger partial charge in [-0.05, 0) is 44.4 Å². The molecular formula is C28H29N7O. The lowest BCUT2D eigenvalue weighted by atomic mass is 9.90. The molecule has 1 aliphatic rings. The third-order valence-corrected chi connectivity index (χ3v) is 6.72. The molecule has 1 aliphatic carbocycles. The number of nitrogens with two attached hydrogens (primary N) is 1. The summed E-state index contributed by atoms with van der Waals surface area (Å²) in [5.41, 5.74) is 10.8. The van der Waals surface area contributed by atoms with Crippen LogP contribution in [0.3, 0.4) is 0 Å². The lowest BCUT2D eigenvalue weighted by Crippen LogP contribution is -2.25. The van der Waals surface area contributed by atoms with Crippen LogP contribution in [0.2, 0.25) is 0 Å². The first-order valence-corrected chi connectivity index (χ1v) is 12.2. The van der Waals surface area contributed by atoms with Gasteiger partial charge in [-0.3, -0.25) is 4.98 Å². The van der Waals surface area contributed by atoms with Gasteiger partial charge in [0.1, 0.15) is 5.69 Å². The zero-order chi connectivity index (χ0) is 25.1. The Kier molecular flexibility index (Phi) is 6.49. The number of pyridine rings is 1. The highest BCUT2D eigenvalue weighted by molar-refractivity contribution is 5.73. The minimum Gasteiger partial charge on any atom is -0.382 e. The van der Waals surface area contributed by atoms with E-state index in [-0.39, 0.29) is 5.82 Å². The van der Waals surface area contributed by atoms with Crippen molar-refractivity contribution in [2.45, 2.75) is 57.5 Å². The van der Waals surface area contributed by atoms with Crippen LogP contribution in [-0.4, -0.2) is 26.2 Å². The molecule has 3 N–H and O–H groups in total. The van der Waals surface area contributed by atoms with Crippen LogP contribution in [0.25, 0.3) is 34.0 Å². The Morgan fingerprint density at radius 2 is 1.83 bits per heavy atom. The van der Waals surface area contributed by atoms with Crippen molar-refractivity contribution >= 4 is 5.82 Å². The van der Waals surface area contributed by atoms with Crippen LogP contribution in [0.5, 0.6) is 0 Å². The van der Waals surface area contributed by atoms with Crippen LogP contribution in [0.15, 0.2) is 59.4 Å². The van der Waals surface area contributed by atoms with Crippen molar-refractivity contribution in [1.82, 2.24) is 25.4 Å². The maximum absolute atomic E-state index is 9.46. The van der Waals surface area contributed by atoms with Gasteiger partial charge in [-0.15, -0.1) is 0 Å². The number of rotatable bonds is 7. The maximum atomic E-state index is 9.46. The molecule has 3 heterocycles. The first kappa shape index (κ1) is 23.6. The molecule has 36 heavy (non-hydrogen) atoms. The maximum Gasteiger partial charge on any atom is 0.189 e. The van der Waals surface area contributed by atoms with Crippen molar-refractivity contribution in [2.75, 3.05) is 5.73 Å². The summed E-state index contributed by atoms with van der Waals surface area (Å²) in [6, 6.07) is 16.8. The number of nitrogens with one attached hydrogen (secondary N) is 1. The van der Waals surface area contributed by atoms with Crippen LogP contribution >= 0.6 is 0 Å². The van der Waals surface area contributed by atoms with E-state index in [4.69, 9.17) is 15.2 Å². The predicted octanol–water partition coefficient (Wildman–Crippen LogP) is 5.28. The summed E-state index contributed by atoms with van der Waals surface area (Å²) in [7, 11) is 0. The summed E-state index contributed by atoms with van der Waals surface area (Å²) in [6.45, 7) is 4.53.